The number of allylic oxidation sites excluding steroid dienone is 3. The zero-order valence-electron chi connectivity index (χ0n) is 22.3. The monoisotopic (exact) mass is 510 g/mol. The normalized spacial score (nSPS) is 11.5. The van der Waals surface area contributed by atoms with Gasteiger partial charge in [0.15, 0.2) is 17.3 Å². The van der Waals surface area contributed by atoms with Crippen LogP contribution in [-0.2, 0) is 0 Å². The van der Waals surface area contributed by atoms with Gasteiger partial charge in [-0.15, -0.1) is 0 Å². The minimum Gasteiger partial charge on any atom is -0.289 e. The van der Waals surface area contributed by atoms with E-state index in [-0.39, 0.29) is 34.0 Å². The molecule has 39 heavy (non-hydrogen) atoms. The van der Waals surface area contributed by atoms with Crippen LogP contribution in [0.4, 0.5) is 0 Å². The fourth-order valence-corrected chi connectivity index (χ4v) is 4.18. The predicted molar refractivity (Wildman–Crippen MR) is 160 cm³/mol. The number of rotatable bonds is 9. The molecule has 0 radical (unpaired) electrons. The maximum absolute atomic E-state index is 13.1. The summed E-state index contributed by atoms with van der Waals surface area (Å²) in [5, 5.41) is 0. The average molecular weight is 511 g/mol. The Labute approximate surface area is 229 Å². The maximum Gasteiger partial charge on any atom is 0.185 e. The molecule has 0 aliphatic heterocycles. The first kappa shape index (κ1) is 27.2. The van der Waals surface area contributed by atoms with Gasteiger partial charge in [0.1, 0.15) is 0 Å². The van der Waals surface area contributed by atoms with Gasteiger partial charge < -0.3 is 0 Å². The molecule has 192 valence electrons. The van der Waals surface area contributed by atoms with Gasteiger partial charge in [-0.25, -0.2) is 0 Å². The van der Waals surface area contributed by atoms with E-state index >= 15 is 0 Å². The molecule has 0 saturated heterocycles. The van der Waals surface area contributed by atoms with Crippen molar-refractivity contribution >= 4 is 35.6 Å². The van der Waals surface area contributed by atoms with Crippen LogP contribution in [0, 0.1) is 20.8 Å². The number of hydrogen-bond donors (Lipinski definition) is 0. The average Bonchev–Trinajstić information content (AvgIpc) is 2.93. The highest BCUT2D eigenvalue weighted by molar-refractivity contribution is 6.15. The molecular formula is C36H30O3. The van der Waals surface area contributed by atoms with Crippen molar-refractivity contribution in [1.82, 2.24) is 0 Å². The van der Waals surface area contributed by atoms with E-state index in [1.54, 1.807) is 36.4 Å². The Balaban J connectivity index is 1.66. The van der Waals surface area contributed by atoms with Crippen molar-refractivity contribution < 1.29 is 14.4 Å². The lowest BCUT2D eigenvalue weighted by Crippen LogP contribution is -2.05. The van der Waals surface area contributed by atoms with Gasteiger partial charge in [-0.3, -0.25) is 14.4 Å². The lowest BCUT2D eigenvalue weighted by molar-refractivity contribution is 0.104. The molecule has 0 aliphatic rings. The zero-order valence-corrected chi connectivity index (χ0v) is 22.3. The van der Waals surface area contributed by atoms with Crippen molar-refractivity contribution in [2.45, 2.75) is 20.8 Å². The molecule has 0 atom stereocenters. The van der Waals surface area contributed by atoms with Crippen molar-refractivity contribution in [2.75, 3.05) is 0 Å². The van der Waals surface area contributed by atoms with Gasteiger partial charge in [0.2, 0.25) is 0 Å². The molecule has 0 aromatic heterocycles. The number of aryl methyl sites for hydroxylation is 3. The molecule has 3 nitrogen and oxygen atoms in total. The predicted octanol–water partition coefficient (Wildman–Crippen LogP) is 8.30. The Bertz CT molecular complexity index is 1430. The summed E-state index contributed by atoms with van der Waals surface area (Å²) >= 11 is 0. The van der Waals surface area contributed by atoms with Gasteiger partial charge in [0.05, 0.1) is 0 Å². The third-order valence-corrected chi connectivity index (χ3v) is 6.19. The summed E-state index contributed by atoms with van der Waals surface area (Å²) in [6.45, 7) is 5.96. The Morgan fingerprint density at radius 2 is 0.718 bits per heavy atom. The number of carbonyl (C=O) groups excluding carboxylic acids is 3. The molecule has 4 aromatic carbocycles. The topological polar surface area (TPSA) is 51.2 Å². The Kier molecular flexibility index (Phi) is 8.75. The summed E-state index contributed by atoms with van der Waals surface area (Å²) in [6.07, 6.45) is 9.62. The van der Waals surface area contributed by atoms with Crippen molar-refractivity contribution in [1.29, 1.82) is 0 Å². The SMILES string of the molecule is Cc1cccc(C=CC(=O)c2cc(C(=O)C=Cc3cccc(C)c3)cc(C(=O)C=Cc3cccc(C)c3)c2)c1. The quantitative estimate of drug-likeness (QED) is 0.168. The molecule has 0 fully saturated rings. The molecule has 0 heterocycles. The fourth-order valence-electron chi connectivity index (χ4n) is 4.18. The molecule has 0 unspecified atom stereocenters. The van der Waals surface area contributed by atoms with Crippen LogP contribution in [0.1, 0.15) is 64.5 Å². The minimum absolute atomic E-state index is 0.279. The summed E-state index contributed by atoms with van der Waals surface area (Å²) in [7, 11) is 0. The number of ketones is 3. The second-order valence-electron chi connectivity index (χ2n) is 9.63. The molecule has 0 spiro atoms. The molecule has 0 saturated carbocycles. The first-order valence-corrected chi connectivity index (χ1v) is 12.8. The largest absolute Gasteiger partial charge is 0.289 e. The van der Waals surface area contributed by atoms with E-state index in [2.05, 4.69) is 0 Å². The molecule has 0 amide bonds. The first-order valence-electron chi connectivity index (χ1n) is 12.8. The summed E-state index contributed by atoms with van der Waals surface area (Å²) in [5.74, 6) is -0.860. The lowest BCUT2D eigenvalue weighted by atomic mass is 9.97. The van der Waals surface area contributed by atoms with Crippen LogP contribution in [0.25, 0.3) is 18.2 Å². The van der Waals surface area contributed by atoms with Crippen molar-refractivity contribution in [3.8, 4) is 0 Å². The first-order chi connectivity index (χ1) is 18.8. The van der Waals surface area contributed by atoms with Crippen molar-refractivity contribution in [3.63, 3.8) is 0 Å². The van der Waals surface area contributed by atoms with Gasteiger partial charge in [-0.05, 0) is 73.9 Å². The summed E-state index contributed by atoms with van der Waals surface area (Å²) in [5.41, 5.74) is 6.79. The highest BCUT2D eigenvalue weighted by Crippen LogP contribution is 2.17. The number of hydrogen-bond acceptors (Lipinski definition) is 3. The third kappa shape index (κ3) is 7.80. The van der Waals surface area contributed by atoms with E-state index in [0.717, 1.165) is 33.4 Å². The van der Waals surface area contributed by atoms with E-state index in [1.165, 1.54) is 18.2 Å². The molecule has 4 rings (SSSR count). The lowest BCUT2D eigenvalue weighted by Gasteiger charge is -2.05. The molecule has 0 N–H and O–H groups in total. The summed E-state index contributed by atoms with van der Waals surface area (Å²) in [6, 6.07) is 28.1. The standard InChI is InChI=1S/C36H30O3/c1-25-7-4-10-28(19-25)13-16-34(37)31-22-32(35(38)17-14-29-11-5-8-26(2)20-29)24-33(23-31)36(39)18-15-30-12-6-9-27(3)21-30/h4-24H,1-3H3. The van der Waals surface area contributed by atoms with Gasteiger partial charge in [0.25, 0.3) is 0 Å². The van der Waals surface area contributed by atoms with E-state index in [1.807, 2.05) is 93.6 Å². The number of benzene rings is 4. The van der Waals surface area contributed by atoms with Gasteiger partial charge >= 0.3 is 0 Å². The van der Waals surface area contributed by atoms with Crippen LogP contribution >= 0.6 is 0 Å². The molecule has 3 heteroatoms. The van der Waals surface area contributed by atoms with Crippen LogP contribution in [0.5, 0.6) is 0 Å². The highest BCUT2D eigenvalue weighted by Gasteiger charge is 2.13. The summed E-state index contributed by atoms with van der Waals surface area (Å²) in [4.78, 5) is 39.4. The molecule has 4 aromatic rings. The Morgan fingerprint density at radius 3 is 0.974 bits per heavy atom. The molecule has 0 bridgehead atoms. The van der Waals surface area contributed by atoms with Gasteiger partial charge in [-0.1, -0.05) is 108 Å². The van der Waals surface area contributed by atoms with E-state index in [0.29, 0.717) is 0 Å². The Morgan fingerprint density at radius 1 is 0.436 bits per heavy atom. The van der Waals surface area contributed by atoms with Crippen molar-refractivity contribution in [3.05, 3.63) is 159 Å². The fraction of sp³-hybridized carbons (Fsp3) is 0.0833. The second kappa shape index (κ2) is 12.6. The van der Waals surface area contributed by atoms with Crippen molar-refractivity contribution in [2.24, 2.45) is 0 Å². The van der Waals surface area contributed by atoms with E-state index in [4.69, 9.17) is 0 Å². The number of carbonyl (C=O) groups is 3. The second-order valence-corrected chi connectivity index (χ2v) is 9.63. The van der Waals surface area contributed by atoms with E-state index < -0.39 is 0 Å². The molecular weight excluding hydrogens is 480 g/mol. The zero-order chi connectivity index (χ0) is 27.8. The van der Waals surface area contributed by atoms with Gasteiger partial charge in [0, 0.05) is 16.7 Å². The van der Waals surface area contributed by atoms with Crippen LogP contribution in [0.15, 0.2) is 109 Å². The van der Waals surface area contributed by atoms with Crippen LogP contribution in [0.2, 0.25) is 0 Å². The molecule has 0 aliphatic carbocycles. The maximum atomic E-state index is 13.1. The Hall–Kier alpha value is -4.89. The van der Waals surface area contributed by atoms with E-state index in [9.17, 15) is 14.4 Å². The minimum atomic E-state index is -0.287. The van der Waals surface area contributed by atoms with Gasteiger partial charge in [-0.2, -0.15) is 0 Å². The van der Waals surface area contributed by atoms with Crippen LogP contribution in [-0.4, -0.2) is 17.3 Å². The van der Waals surface area contributed by atoms with Crippen LogP contribution < -0.4 is 0 Å². The highest BCUT2D eigenvalue weighted by atomic mass is 16.1. The smallest absolute Gasteiger partial charge is 0.185 e. The van der Waals surface area contributed by atoms with Crippen LogP contribution in [0.3, 0.4) is 0 Å². The summed E-state index contributed by atoms with van der Waals surface area (Å²) < 4.78 is 0. The third-order valence-electron chi connectivity index (χ3n) is 6.19.